The molecule has 0 saturated carbocycles. The Bertz CT molecular complexity index is 1500. The van der Waals surface area contributed by atoms with Gasteiger partial charge in [0.1, 0.15) is 0 Å². The average molecular weight is 511 g/mol. The number of carbonyl (C=O) groups excluding carboxylic acids is 2. The van der Waals surface area contributed by atoms with Gasteiger partial charge >= 0.3 is 5.97 Å². The lowest BCUT2D eigenvalue weighted by Crippen LogP contribution is -2.34. The number of H-pyrrole nitrogens is 1. The van der Waals surface area contributed by atoms with E-state index in [2.05, 4.69) is 10.3 Å². The normalized spacial score (nSPS) is 14.4. The van der Waals surface area contributed by atoms with Gasteiger partial charge < -0.3 is 25.0 Å². The first kappa shape index (κ1) is 25.2. The molecule has 1 aromatic heterocycles. The van der Waals surface area contributed by atoms with Gasteiger partial charge in [-0.05, 0) is 61.9 Å². The van der Waals surface area contributed by atoms with Crippen molar-refractivity contribution in [3.8, 4) is 5.88 Å². The number of carbonyl (C=O) groups is 2. The molecule has 3 aromatic carbocycles. The Balaban J connectivity index is 1.56. The molecule has 4 aromatic rings. The minimum absolute atomic E-state index is 0.0127. The van der Waals surface area contributed by atoms with Crippen molar-refractivity contribution in [1.29, 1.82) is 0 Å². The van der Waals surface area contributed by atoms with E-state index in [9.17, 15) is 14.7 Å². The summed E-state index contributed by atoms with van der Waals surface area (Å²) in [5, 5.41) is 15.0. The van der Waals surface area contributed by atoms with Gasteiger partial charge in [0.15, 0.2) is 5.88 Å². The smallest absolute Gasteiger partial charge is 0.338 e. The van der Waals surface area contributed by atoms with Crippen LogP contribution >= 0.6 is 0 Å². The number of nitrogens with one attached hydrogen (secondary N) is 2. The number of fused-ring (bicyclic) bond motifs is 1. The first-order valence-corrected chi connectivity index (χ1v) is 12.6. The molecule has 3 N–H and O–H groups in total. The number of amides is 1. The van der Waals surface area contributed by atoms with Crippen molar-refractivity contribution in [2.45, 2.75) is 13.3 Å². The van der Waals surface area contributed by atoms with E-state index in [4.69, 9.17) is 9.73 Å². The number of hydrogen-bond donors (Lipinski definition) is 3. The van der Waals surface area contributed by atoms with E-state index in [0.29, 0.717) is 40.2 Å². The lowest BCUT2D eigenvalue weighted by molar-refractivity contribution is 0.0599. The molecule has 194 valence electrons. The summed E-state index contributed by atoms with van der Waals surface area (Å²) >= 11 is 0. The maximum absolute atomic E-state index is 13.0. The molecule has 8 nitrogen and oxygen atoms in total. The van der Waals surface area contributed by atoms with E-state index < -0.39 is 5.97 Å². The van der Waals surface area contributed by atoms with Crippen LogP contribution in [0.2, 0.25) is 0 Å². The fourth-order valence-electron chi connectivity index (χ4n) is 4.81. The van der Waals surface area contributed by atoms with Crippen LogP contribution in [-0.2, 0) is 4.74 Å². The van der Waals surface area contributed by atoms with Crippen LogP contribution in [0.3, 0.4) is 0 Å². The quantitative estimate of drug-likeness (QED) is 0.269. The molecule has 0 unspecified atom stereocenters. The molecule has 2 heterocycles. The number of methoxy groups -OCH3 is 1. The summed E-state index contributed by atoms with van der Waals surface area (Å²) in [5.74, 6) is -0.479. The molecule has 0 atom stereocenters. The van der Waals surface area contributed by atoms with Crippen molar-refractivity contribution < 1.29 is 19.4 Å². The van der Waals surface area contributed by atoms with Crippen LogP contribution in [0.15, 0.2) is 71.7 Å². The van der Waals surface area contributed by atoms with Crippen LogP contribution in [-0.4, -0.2) is 65.9 Å². The van der Waals surface area contributed by atoms with Crippen LogP contribution in [0.5, 0.6) is 5.88 Å². The number of nitrogens with zero attached hydrogens (tertiary/aromatic N) is 2. The molecular weight excluding hydrogens is 480 g/mol. The van der Waals surface area contributed by atoms with Crippen molar-refractivity contribution >= 4 is 34.2 Å². The third kappa shape index (κ3) is 5.03. The van der Waals surface area contributed by atoms with Crippen LogP contribution < -0.4 is 5.32 Å². The number of esters is 1. The predicted molar refractivity (Wildman–Crippen MR) is 148 cm³/mol. The first-order valence-electron chi connectivity index (χ1n) is 12.6. The van der Waals surface area contributed by atoms with Crippen molar-refractivity contribution in [3.63, 3.8) is 0 Å². The number of hydrogen-bond acceptors (Lipinski definition) is 6. The van der Waals surface area contributed by atoms with Gasteiger partial charge in [0, 0.05) is 41.7 Å². The molecule has 1 aliphatic heterocycles. The highest BCUT2D eigenvalue weighted by Crippen LogP contribution is 2.33. The summed E-state index contributed by atoms with van der Waals surface area (Å²) in [6, 6.07) is 20.4. The molecule has 1 aliphatic rings. The number of benzene rings is 3. The van der Waals surface area contributed by atoms with Crippen LogP contribution in [0, 0.1) is 6.92 Å². The number of aryl methyl sites for hydroxylation is 1. The number of aromatic hydroxyl groups is 1. The molecule has 38 heavy (non-hydrogen) atoms. The molecule has 5 rings (SSSR count). The highest BCUT2D eigenvalue weighted by molar-refractivity contribution is 6.22. The summed E-state index contributed by atoms with van der Waals surface area (Å²) in [6.07, 6.45) is 0.934. The summed E-state index contributed by atoms with van der Waals surface area (Å²) in [5.41, 5.74) is 4.92. The molecule has 0 bridgehead atoms. The molecule has 0 radical (unpaired) electrons. The topological polar surface area (TPSA) is 107 Å². The van der Waals surface area contributed by atoms with Crippen molar-refractivity contribution in [2.24, 2.45) is 4.99 Å². The zero-order valence-electron chi connectivity index (χ0n) is 21.5. The zero-order valence-corrected chi connectivity index (χ0v) is 21.5. The number of rotatable bonds is 5. The van der Waals surface area contributed by atoms with E-state index >= 15 is 0 Å². The van der Waals surface area contributed by atoms with Crippen LogP contribution in [0.25, 0.3) is 10.9 Å². The van der Waals surface area contributed by atoms with E-state index in [1.165, 1.54) is 7.11 Å². The molecule has 8 heteroatoms. The standard InChI is InChI=1S/C30H30N4O4/c1-19-17-24-25(18-23(19)30(37)38-2)33-28(35)26(24)27(20-7-4-3-5-8-20)32-22-11-9-21(10-12-22)29(36)34-15-6-13-31-14-16-34/h3-5,7-12,17-18,31,33,35H,6,13-16H2,1-2H3. The number of ether oxygens (including phenoxy) is 1. The molecule has 0 aliphatic carbocycles. The maximum Gasteiger partial charge on any atom is 0.338 e. The van der Waals surface area contributed by atoms with E-state index in [-0.39, 0.29) is 11.8 Å². The Hall–Kier alpha value is -4.43. The highest BCUT2D eigenvalue weighted by Gasteiger charge is 2.22. The van der Waals surface area contributed by atoms with Gasteiger partial charge in [-0.3, -0.25) is 4.79 Å². The Labute approximate surface area is 221 Å². The summed E-state index contributed by atoms with van der Waals surface area (Å²) in [6.45, 7) is 4.97. The molecule has 1 amide bonds. The minimum Gasteiger partial charge on any atom is -0.494 e. The Morgan fingerprint density at radius 3 is 2.47 bits per heavy atom. The SMILES string of the molecule is COC(=O)c1cc2[nH]c(O)c(C(=Nc3ccc(C(=O)N4CCCNCC4)cc3)c3ccccc3)c2cc1C. The van der Waals surface area contributed by atoms with E-state index in [1.54, 1.807) is 18.2 Å². The van der Waals surface area contributed by atoms with E-state index in [0.717, 1.165) is 42.6 Å². The zero-order chi connectivity index (χ0) is 26.6. The molecule has 1 saturated heterocycles. The highest BCUT2D eigenvalue weighted by atomic mass is 16.5. The number of aromatic amines is 1. The van der Waals surface area contributed by atoms with Crippen molar-refractivity contribution in [3.05, 3.63) is 94.5 Å². The Morgan fingerprint density at radius 2 is 1.74 bits per heavy atom. The second-order valence-corrected chi connectivity index (χ2v) is 9.32. The fraction of sp³-hybridized carbons (Fsp3) is 0.233. The lowest BCUT2D eigenvalue weighted by atomic mass is 9.98. The second kappa shape index (κ2) is 10.9. The van der Waals surface area contributed by atoms with Gasteiger partial charge in [-0.2, -0.15) is 0 Å². The van der Waals surface area contributed by atoms with Crippen molar-refractivity contribution in [1.82, 2.24) is 15.2 Å². The fourth-order valence-corrected chi connectivity index (χ4v) is 4.81. The summed E-state index contributed by atoms with van der Waals surface area (Å²) in [4.78, 5) is 35.0. The molecular formula is C30H30N4O4. The third-order valence-corrected chi connectivity index (χ3v) is 6.80. The average Bonchev–Trinajstić information content (AvgIpc) is 3.10. The van der Waals surface area contributed by atoms with Crippen LogP contribution in [0.1, 0.15) is 43.8 Å². The second-order valence-electron chi connectivity index (χ2n) is 9.32. The van der Waals surface area contributed by atoms with Gasteiger partial charge in [-0.1, -0.05) is 30.3 Å². The third-order valence-electron chi connectivity index (χ3n) is 6.80. The van der Waals surface area contributed by atoms with Crippen LogP contribution in [0.4, 0.5) is 5.69 Å². The minimum atomic E-state index is -0.442. The molecule has 0 spiro atoms. The maximum atomic E-state index is 13.0. The summed E-state index contributed by atoms with van der Waals surface area (Å²) < 4.78 is 4.90. The number of aromatic nitrogens is 1. The van der Waals surface area contributed by atoms with Gasteiger partial charge in [0.2, 0.25) is 0 Å². The lowest BCUT2D eigenvalue weighted by Gasteiger charge is -2.20. The summed E-state index contributed by atoms with van der Waals surface area (Å²) in [7, 11) is 1.34. The van der Waals surface area contributed by atoms with Gasteiger partial charge in [0.05, 0.1) is 29.6 Å². The number of aliphatic imine (C=N–C) groups is 1. The first-order chi connectivity index (χ1) is 18.5. The van der Waals surface area contributed by atoms with Gasteiger partial charge in [0.25, 0.3) is 5.91 Å². The molecule has 1 fully saturated rings. The Morgan fingerprint density at radius 1 is 0.974 bits per heavy atom. The Kier molecular flexibility index (Phi) is 7.24. The van der Waals surface area contributed by atoms with Crippen molar-refractivity contribution in [2.75, 3.05) is 33.3 Å². The van der Waals surface area contributed by atoms with Gasteiger partial charge in [-0.15, -0.1) is 0 Å². The van der Waals surface area contributed by atoms with Gasteiger partial charge in [-0.25, -0.2) is 9.79 Å². The largest absolute Gasteiger partial charge is 0.494 e. The van der Waals surface area contributed by atoms with E-state index in [1.807, 2.05) is 60.4 Å². The monoisotopic (exact) mass is 510 g/mol. The predicted octanol–water partition coefficient (Wildman–Crippen LogP) is 4.57.